The van der Waals surface area contributed by atoms with Gasteiger partial charge in [0.15, 0.2) is 0 Å². The second kappa shape index (κ2) is 9.08. The summed E-state index contributed by atoms with van der Waals surface area (Å²) in [6.45, 7) is 0. The number of Topliss-reactive ketones (excluding diaryl/α,β-unsaturated/α-hetero) is 1. The fourth-order valence-corrected chi connectivity index (χ4v) is 1.76. The minimum absolute atomic E-state index is 0. The van der Waals surface area contributed by atoms with Crippen molar-refractivity contribution in [1.82, 2.24) is 0 Å². The van der Waals surface area contributed by atoms with Crippen LogP contribution in [-0.4, -0.2) is 5.78 Å². The monoisotopic (exact) mass is 304 g/mol. The second-order valence-corrected chi connectivity index (χ2v) is 4.22. The molecule has 2 heteroatoms. The minimum atomic E-state index is 0. The van der Waals surface area contributed by atoms with Gasteiger partial charge in [0, 0.05) is 23.5 Å². The van der Waals surface area contributed by atoms with Crippen molar-refractivity contribution in [3.63, 3.8) is 0 Å². The van der Waals surface area contributed by atoms with Crippen LogP contribution in [0.2, 0.25) is 0 Å². The third-order valence-electron chi connectivity index (χ3n) is 2.75. The van der Waals surface area contributed by atoms with E-state index in [4.69, 9.17) is 0 Å². The molecule has 3 aromatic rings. The summed E-state index contributed by atoms with van der Waals surface area (Å²) in [4.78, 5) is 11.7. The van der Waals surface area contributed by atoms with E-state index in [2.05, 4.69) is 0 Å². The molecule has 1 nitrogen and oxygen atoms in total. The van der Waals surface area contributed by atoms with Gasteiger partial charge in [-0.15, -0.1) is 0 Å². The second-order valence-electron chi connectivity index (χ2n) is 4.22. The summed E-state index contributed by atoms with van der Waals surface area (Å²) in [6, 6.07) is 27.3. The first-order valence-electron chi connectivity index (χ1n) is 6.32. The van der Waals surface area contributed by atoms with E-state index in [1.165, 1.54) is 0 Å². The van der Waals surface area contributed by atoms with E-state index in [0.29, 0.717) is 6.42 Å². The Morgan fingerprint density at radius 2 is 1.35 bits per heavy atom. The van der Waals surface area contributed by atoms with Crippen LogP contribution in [0.3, 0.4) is 0 Å². The van der Waals surface area contributed by atoms with Crippen LogP contribution in [0.15, 0.2) is 84.9 Å². The summed E-state index contributed by atoms with van der Waals surface area (Å²) in [7, 11) is 0. The van der Waals surface area contributed by atoms with Crippen LogP contribution in [-0.2, 0) is 23.5 Å². The molecule has 0 saturated heterocycles. The summed E-state index contributed by atoms with van der Waals surface area (Å²) in [5.74, 6) is 0.182. The number of carbonyl (C=O) groups is 1. The van der Waals surface area contributed by atoms with Crippen LogP contribution in [0.25, 0.3) is 0 Å². The van der Waals surface area contributed by atoms with Gasteiger partial charge in [0.05, 0.1) is 0 Å². The fraction of sp³-hybridized carbons (Fsp3) is 0.0556. The predicted octanol–water partition coefficient (Wildman–Crippen LogP) is 4.23. The van der Waals surface area contributed by atoms with Crippen molar-refractivity contribution in [1.29, 1.82) is 0 Å². The van der Waals surface area contributed by atoms with Gasteiger partial charge in [-0.25, -0.2) is 12.1 Å². The van der Waals surface area contributed by atoms with Gasteiger partial charge >= 0.3 is 0 Å². The van der Waals surface area contributed by atoms with Crippen LogP contribution in [0.4, 0.5) is 0 Å². The zero-order valence-corrected chi connectivity index (χ0v) is 12.2. The van der Waals surface area contributed by atoms with Gasteiger partial charge in [0.25, 0.3) is 0 Å². The molecule has 0 N–H and O–H groups in total. The molecule has 20 heavy (non-hydrogen) atoms. The largest absolute Gasteiger partial charge is 0.748 e. The quantitative estimate of drug-likeness (QED) is 0.402. The van der Waals surface area contributed by atoms with E-state index in [0.717, 1.165) is 11.1 Å². The fourth-order valence-electron chi connectivity index (χ4n) is 1.76. The smallest absolute Gasteiger partial charge is 0.113 e. The number of hydrogen-bond donors (Lipinski definition) is 0. The van der Waals surface area contributed by atoms with Crippen molar-refractivity contribution >= 4 is 5.78 Å². The molecule has 108 valence electrons. The molecule has 0 heterocycles. The molecular formula is C18H16FeO-6. The number of carbonyl (C=O) groups excluding carboxylic acids is 1. The van der Waals surface area contributed by atoms with E-state index in [1.807, 2.05) is 84.9 Å². The van der Waals surface area contributed by atoms with Gasteiger partial charge in [-0.3, -0.25) is 0 Å². The zero-order chi connectivity index (χ0) is 13.3. The maximum absolute atomic E-state index is 11.7. The van der Waals surface area contributed by atoms with Crippen molar-refractivity contribution in [2.24, 2.45) is 0 Å². The summed E-state index contributed by atoms with van der Waals surface area (Å²) in [5.41, 5.74) is 1.87. The van der Waals surface area contributed by atoms with Gasteiger partial charge in [-0.1, -0.05) is 35.9 Å². The summed E-state index contributed by atoms with van der Waals surface area (Å²) < 4.78 is 0. The van der Waals surface area contributed by atoms with Gasteiger partial charge in [-0.2, -0.15) is 12.1 Å². The summed E-state index contributed by atoms with van der Waals surface area (Å²) in [5, 5.41) is 0. The van der Waals surface area contributed by atoms with E-state index in [1.54, 1.807) is 0 Å². The van der Waals surface area contributed by atoms with E-state index in [-0.39, 0.29) is 22.9 Å². The zero-order valence-electron chi connectivity index (χ0n) is 11.1. The van der Waals surface area contributed by atoms with Crippen molar-refractivity contribution in [2.75, 3.05) is 0 Å². The number of benzene rings is 1. The Hall–Kier alpha value is -1.89. The van der Waals surface area contributed by atoms with Gasteiger partial charge < -0.3 is 35.1 Å². The van der Waals surface area contributed by atoms with E-state index < -0.39 is 0 Å². The minimum Gasteiger partial charge on any atom is -0.748 e. The molecule has 0 aliphatic heterocycles. The molecule has 0 amide bonds. The molecule has 0 aliphatic carbocycles. The molecular weight excluding hydrogens is 288 g/mol. The Kier molecular flexibility index (Phi) is 7.34. The molecule has 3 rings (SSSR count). The SMILES string of the molecule is O=C(Cc1ccccc1)[c-]1cccc1.[Fe].[cH-]1[cH-][cH-][cH-][cH-]1. The third kappa shape index (κ3) is 5.39. The summed E-state index contributed by atoms with van der Waals surface area (Å²) >= 11 is 0. The Bertz CT molecular complexity index is 548. The third-order valence-corrected chi connectivity index (χ3v) is 2.75. The number of rotatable bonds is 3. The molecule has 0 fully saturated rings. The first-order valence-corrected chi connectivity index (χ1v) is 6.32. The molecule has 0 atom stereocenters. The average Bonchev–Trinajstić information content (AvgIpc) is 3.16. The maximum atomic E-state index is 11.7. The predicted molar refractivity (Wildman–Crippen MR) is 78.5 cm³/mol. The normalized spacial score (nSPS) is 9.00. The first-order chi connectivity index (χ1) is 9.36. The average molecular weight is 304 g/mol. The Balaban J connectivity index is 0.000000283. The summed E-state index contributed by atoms with van der Waals surface area (Å²) in [6.07, 6.45) is 0.491. The Labute approximate surface area is 130 Å². The first kappa shape index (κ1) is 16.2. The van der Waals surface area contributed by atoms with E-state index >= 15 is 0 Å². The van der Waals surface area contributed by atoms with Crippen LogP contribution in [0, 0.1) is 0 Å². The van der Waals surface area contributed by atoms with Gasteiger partial charge in [-0.05, 0) is 5.56 Å². The van der Waals surface area contributed by atoms with Crippen LogP contribution in [0.5, 0.6) is 0 Å². The molecule has 3 aromatic carbocycles. The maximum Gasteiger partial charge on any atom is 0.113 e. The van der Waals surface area contributed by atoms with Crippen LogP contribution < -0.4 is 0 Å². The molecule has 0 radical (unpaired) electrons. The van der Waals surface area contributed by atoms with E-state index in [9.17, 15) is 4.79 Å². The Morgan fingerprint density at radius 1 is 0.850 bits per heavy atom. The van der Waals surface area contributed by atoms with Crippen molar-refractivity contribution < 1.29 is 21.9 Å². The van der Waals surface area contributed by atoms with Crippen LogP contribution >= 0.6 is 0 Å². The van der Waals surface area contributed by atoms with Crippen LogP contribution in [0.1, 0.15) is 15.9 Å². The van der Waals surface area contributed by atoms with Gasteiger partial charge in [0.1, 0.15) is 5.78 Å². The van der Waals surface area contributed by atoms with Crippen molar-refractivity contribution in [2.45, 2.75) is 6.42 Å². The standard InChI is InChI=1S/C13H11O.C5H5.Fe/c14-13(12-8-4-5-9-12)10-11-6-2-1-3-7-11;1-2-4-5-3-1;/h1-9H,10H2;1-5H;/q-1;-5;. The topological polar surface area (TPSA) is 17.1 Å². The Morgan fingerprint density at radius 3 is 1.85 bits per heavy atom. The van der Waals surface area contributed by atoms with Gasteiger partial charge in [0.2, 0.25) is 0 Å². The molecule has 0 aliphatic rings. The van der Waals surface area contributed by atoms with Crippen molar-refractivity contribution in [3.8, 4) is 0 Å². The molecule has 0 spiro atoms. The molecule has 0 aromatic heterocycles. The number of hydrogen-bond acceptors (Lipinski definition) is 1. The number of ketones is 1. The molecule has 0 saturated carbocycles. The molecule has 0 bridgehead atoms. The molecule has 0 unspecified atom stereocenters. The van der Waals surface area contributed by atoms with Crippen molar-refractivity contribution in [3.05, 3.63) is 96.1 Å².